The van der Waals surface area contributed by atoms with Gasteiger partial charge in [0.25, 0.3) is 0 Å². The molecular formula is C12H17NO. The van der Waals surface area contributed by atoms with Crippen LogP contribution in [-0.2, 0) is 6.54 Å². The monoisotopic (exact) mass is 191 g/mol. The molecule has 0 aliphatic carbocycles. The fourth-order valence-electron chi connectivity index (χ4n) is 2.06. The van der Waals surface area contributed by atoms with E-state index in [0.717, 1.165) is 13.0 Å². The van der Waals surface area contributed by atoms with Gasteiger partial charge in [0.2, 0.25) is 0 Å². The van der Waals surface area contributed by atoms with Gasteiger partial charge in [0, 0.05) is 6.54 Å². The van der Waals surface area contributed by atoms with Crippen LogP contribution in [0.2, 0.25) is 0 Å². The lowest BCUT2D eigenvalue weighted by Crippen LogP contribution is -2.37. The van der Waals surface area contributed by atoms with Crippen molar-refractivity contribution in [1.29, 1.82) is 0 Å². The zero-order chi connectivity index (χ0) is 10.2. The van der Waals surface area contributed by atoms with Crippen molar-refractivity contribution in [3.63, 3.8) is 0 Å². The first-order valence-electron chi connectivity index (χ1n) is 5.18. The first-order valence-corrected chi connectivity index (χ1v) is 5.18. The van der Waals surface area contributed by atoms with Crippen LogP contribution in [0.3, 0.4) is 0 Å². The molecule has 14 heavy (non-hydrogen) atoms. The molecule has 1 heterocycles. The molecule has 1 aromatic carbocycles. The molecule has 0 fully saturated rings. The molecule has 2 nitrogen and oxygen atoms in total. The zero-order valence-corrected chi connectivity index (χ0v) is 8.75. The van der Waals surface area contributed by atoms with Crippen molar-refractivity contribution in [2.45, 2.75) is 38.5 Å². The molecule has 2 rings (SSSR count). The van der Waals surface area contributed by atoms with Gasteiger partial charge in [0.15, 0.2) is 0 Å². The van der Waals surface area contributed by atoms with Gasteiger partial charge in [0.1, 0.15) is 0 Å². The van der Waals surface area contributed by atoms with Gasteiger partial charge < -0.3 is 10.4 Å². The second-order valence-corrected chi connectivity index (χ2v) is 4.22. The molecule has 0 bridgehead atoms. The van der Waals surface area contributed by atoms with E-state index < -0.39 is 5.60 Å². The van der Waals surface area contributed by atoms with Gasteiger partial charge in [-0.2, -0.15) is 0 Å². The molecule has 2 atom stereocenters. The second kappa shape index (κ2) is 3.37. The standard InChI is InChI=1S/C12H17NO/c1-3-12(2,14)11-10-7-5-4-6-9(10)8-13-11/h4-7,11,13-14H,3,8H2,1-2H3. The molecule has 1 aliphatic rings. The first-order chi connectivity index (χ1) is 6.65. The molecule has 0 radical (unpaired) electrons. The molecule has 0 spiro atoms. The molecule has 76 valence electrons. The number of rotatable bonds is 2. The summed E-state index contributed by atoms with van der Waals surface area (Å²) in [6.45, 7) is 4.78. The first kappa shape index (κ1) is 9.69. The third-order valence-electron chi connectivity index (χ3n) is 3.20. The van der Waals surface area contributed by atoms with Gasteiger partial charge >= 0.3 is 0 Å². The highest BCUT2D eigenvalue weighted by atomic mass is 16.3. The van der Waals surface area contributed by atoms with Gasteiger partial charge in [-0.3, -0.25) is 0 Å². The maximum absolute atomic E-state index is 10.2. The molecule has 0 saturated carbocycles. The molecule has 2 heteroatoms. The quantitative estimate of drug-likeness (QED) is 0.749. The van der Waals surface area contributed by atoms with E-state index in [1.807, 2.05) is 26.0 Å². The van der Waals surface area contributed by atoms with Crippen LogP contribution in [0, 0.1) is 0 Å². The maximum atomic E-state index is 10.2. The fraction of sp³-hybridized carbons (Fsp3) is 0.500. The minimum Gasteiger partial charge on any atom is -0.388 e. The normalized spacial score (nSPS) is 24.4. The second-order valence-electron chi connectivity index (χ2n) is 4.22. The summed E-state index contributed by atoms with van der Waals surface area (Å²) in [5.74, 6) is 0. The van der Waals surface area contributed by atoms with Crippen molar-refractivity contribution in [3.05, 3.63) is 35.4 Å². The van der Waals surface area contributed by atoms with Gasteiger partial charge in [-0.05, 0) is 24.5 Å². The van der Waals surface area contributed by atoms with Crippen molar-refractivity contribution in [2.24, 2.45) is 0 Å². The van der Waals surface area contributed by atoms with E-state index in [1.54, 1.807) is 0 Å². The largest absolute Gasteiger partial charge is 0.388 e. The van der Waals surface area contributed by atoms with Crippen molar-refractivity contribution >= 4 is 0 Å². The number of hydrogen-bond donors (Lipinski definition) is 2. The van der Waals surface area contributed by atoms with Gasteiger partial charge in [-0.25, -0.2) is 0 Å². The third kappa shape index (κ3) is 1.45. The van der Waals surface area contributed by atoms with Crippen LogP contribution in [-0.4, -0.2) is 10.7 Å². The van der Waals surface area contributed by atoms with Crippen LogP contribution in [0.4, 0.5) is 0 Å². The van der Waals surface area contributed by atoms with Gasteiger partial charge in [0.05, 0.1) is 11.6 Å². The average molecular weight is 191 g/mol. The lowest BCUT2D eigenvalue weighted by Gasteiger charge is -2.29. The smallest absolute Gasteiger partial charge is 0.0811 e. The Morgan fingerprint density at radius 2 is 2.21 bits per heavy atom. The molecule has 2 unspecified atom stereocenters. The minimum absolute atomic E-state index is 0.0868. The Bertz CT molecular complexity index is 333. The van der Waals surface area contributed by atoms with Crippen molar-refractivity contribution in [3.8, 4) is 0 Å². The Hall–Kier alpha value is -0.860. The van der Waals surface area contributed by atoms with E-state index in [1.165, 1.54) is 11.1 Å². The molecule has 1 aromatic rings. The number of benzene rings is 1. The lowest BCUT2D eigenvalue weighted by atomic mass is 9.88. The average Bonchev–Trinajstić information content (AvgIpc) is 2.61. The van der Waals surface area contributed by atoms with Crippen LogP contribution in [0.15, 0.2) is 24.3 Å². The number of fused-ring (bicyclic) bond motifs is 1. The number of hydrogen-bond acceptors (Lipinski definition) is 2. The predicted octanol–water partition coefficient (Wildman–Crippen LogP) is 1.99. The maximum Gasteiger partial charge on any atom is 0.0811 e. The highest BCUT2D eigenvalue weighted by Gasteiger charge is 2.35. The molecular weight excluding hydrogens is 174 g/mol. The Labute approximate surface area is 85.0 Å². The van der Waals surface area contributed by atoms with E-state index in [9.17, 15) is 5.11 Å². The molecule has 2 N–H and O–H groups in total. The minimum atomic E-state index is -0.646. The Balaban J connectivity index is 2.35. The highest BCUT2D eigenvalue weighted by Crippen LogP contribution is 2.34. The fourth-order valence-corrected chi connectivity index (χ4v) is 2.06. The van der Waals surface area contributed by atoms with E-state index >= 15 is 0 Å². The molecule has 0 amide bonds. The summed E-state index contributed by atoms with van der Waals surface area (Å²) in [4.78, 5) is 0. The predicted molar refractivity (Wildman–Crippen MR) is 56.9 cm³/mol. The molecule has 1 aliphatic heterocycles. The van der Waals surface area contributed by atoms with Crippen molar-refractivity contribution in [1.82, 2.24) is 5.32 Å². The SMILES string of the molecule is CCC(C)(O)C1NCc2ccccc21. The van der Waals surface area contributed by atoms with E-state index in [4.69, 9.17) is 0 Å². The van der Waals surface area contributed by atoms with Crippen molar-refractivity contribution < 1.29 is 5.11 Å². The Morgan fingerprint density at radius 3 is 2.93 bits per heavy atom. The zero-order valence-electron chi connectivity index (χ0n) is 8.75. The summed E-state index contributed by atoms with van der Waals surface area (Å²) in [5, 5.41) is 13.6. The Kier molecular flexibility index (Phi) is 2.33. The summed E-state index contributed by atoms with van der Waals surface area (Å²) in [6, 6.07) is 8.38. The van der Waals surface area contributed by atoms with Crippen LogP contribution in [0.1, 0.15) is 37.4 Å². The Morgan fingerprint density at radius 1 is 1.50 bits per heavy atom. The van der Waals surface area contributed by atoms with E-state index in [0.29, 0.717) is 0 Å². The van der Waals surface area contributed by atoms with Gasteiger partial charge in [-0.1, -0.05) is 31.2 Å². The summed E-state index contributed by atoms with van der Waals surface area (Å²) >= 11 is 0. The van der Waals surface area contributed by atoms with Crippen LogP contribution < -0.4 is 5.32 Å². The van der Waals surface area contributed by atoms with E-state index in [2.05, 4.69) is 17.4 Å². The highest BCUT2D eigenvalue weighted by molar-refractivity contribution is 5.35. The van der Waals surface area contributed by atoms with Gasteiger partial charge in [-0.15, -0.1) is 0 Å². The molecule has 0 aromatic heterocycles. The number of nitrogens with one attached hydrogen (secondary N) is 1. The summed E-state index contributed by atoms with van der Waals surface area (Å²) in [5.41, 5.74) is 1.91. The topological polar surface area (TPSA) is 32.3 Å². The van der Waals surface area contributed by atoms with Crippen molar-refractivity contribution in [2.75, 3.05) is 0 Å². The summed E-state index contributed by atoms with van der Waals surface area (Å²) in [6.07, 6.45) is 0.763. The number of aliphatic hydroxyl groups is 1. The summed E-state index contributed by atoms with van der Waals surface area (Å²) in [7, 11) is 0. The van der Waals surface area contributed by atoms with Crippen LogP contribution in [0.25, 0.3) is 0 Å². The lowest BCUT2D eigenvalue weighted by molar-refractivity contribution is 0.0183. The summed E-state index contributed by atoms with van der Waals surface area (Å²) < 4.78 is 0. The van der Waals surface area contributed by atoms with Crippen LogP contribution >= 0.6 is 0 Å². The van der Waals surface area contributed by atoms with E-state index in [-0.39, 0.29) is 6.04 Å². The third-order valence-corrected chi connectivity index (χ3v) is 3.20. The van der Waals surface area contributed by atoms with Crippen LogP contribution in [0.5, 0.6) is 0 Å². The molecule has 0 saturated heterocycles.